The Morgan fingerprint density at radius 3 is 2.32 bits per heavy atom. The molecule has 3 aliphatic rings. The van der Waals surface area contributed by atoms with Gasteiger partial charge in [-0.25, -0.2) is 9.59 Å². The molecule has 178 valence electrons. The Morgan fingerprint density at radius 1 is 1.06 bits per heavy atom. The molecule has 2 saturated carbocycles. The molecule has 2 aromatic carbocycles. The number of benzene rings is 2. The number of carbonyl (C=O) groups excluding carboxylic acids is 2. The number of carbonyl (C=O) groups is 3. The van der Waals surface area contributed by atoms with E-state index in [1.165, 1.54) is 11.1 Å². The third-order valence-electron chi connectivity index (χ3n) is 7.71. The Balaban J connectivity index is 1.17. The number of carboxylic acid groups (broad SMARTS) is 1. The van der Waals surface area contributed by atoms with Crippen molar-refractivity contribution in [2.24, 2.45) is 11.3 Å². The van der Waals surface area contributed by atoms with Crippen LogP contribution in [0.25, 0.3) is 11.1 Å². The number of rotatable bonds is 8. The Hall–Kier alpha value is -3.35. The molecule has 3 aliphatic carbocycles. The van der Waals surface area contributed by atoms with Crippen LogP contribution in [0.1, 0.15) is 56.1 Å². The lowest BCUT2D eigenvalue weighted by Gasteiger charge is -2.21. The average molecular weight is 463 g/mol. The Kier molecular flexibility index (Phi) is 5.80. The van der Waals surface area contributed by atoms with Gasteiger partial charge in [-0.15, -0.1) is 0 Å². The van der Waals surface area contributed by atoms with Gasteiger partial charge >= 0.3 is 12.1 Å². The summed E-state index contributed by atoms with van der Waals surface area (Å²) in [6, 6.07) is 15.4. The molecule has 0 aliphatic heterocycles. The maximum atomic E-state index is 12.8. The van der Waals surface area contributed by atoms with E-state index in [1.54, 1.807) is 0 Å². The molecule has 2 aromatic rings. The highest BCUT2D eigenvalue weighted by molar-refractivity contribution is 5.90. The van der Waals surface area contributed by atoms with Crippen LogP contribution in [0.5, 0.6) is 0 Å². The zero-order valence-corrected chi connectivity index (χ0v) is 19.3. The highest BCUT2D eigenvalue weighted by Crippen LogP contribution is 2.63. The van der Waals surface area contributed by atoms with Crippen LogP contribution in [0, 0.1) is 11.3 Å². The van der Waals surface area contributed by atoms with Crippen molar-refractivity contribution in [1.29, 1.82) is 0 Å². The molecular weight excluding hydrogens is 432 g/mol. The van der Waals surface area contributed by atoms with Crippen LogP contribution >= 0.6 is 0 Å². The molecule has 3 N–H and O–H groups in total. The van der Waals surface area contributed by atoms with Crippen LogP contribution < -0.4 is 10.6 Å². The normalized spacial score (nSPS) is 25.0. The molecule has 2 fully saturated rings. The Morgan fingerprint density at radius 2 is 1.71 bits per heavy atom. The molecule has 0 spiro atoms. The molecule has 7 nitrogen and oxygen atoms in total. The van der Waals surface area contributed by atoms with Gasteiger partial charge in [-0.1, -0.05) is 61.9 Å². The zero-order chi connectivity index (χ0) is 23.9. The number of fused-ring (bicyclic) bond motifs is 4. The monoisotopic (exact) mass is 462 g/mol. The van der Waals surface area contributed by atoms with Crippen molar-refractivity contribution >= 4 is 18.0 Å². The van der Waals surface area contributed by atoms with E-state index in [1.807, 2.05) is 31.2 Å². The van der Waals surface area contributed by atoms with Crippen molar-refractivity contribution in [2.75, 3.05) is 6.61 Å². The number of nitrogens with one attached hydrogen (secondary N) is 2. The van der Waals surface area contributed by atoms with Gasteiger partial charge in [0, 0.05) is 12.0 Å². The summed E-state index contributed by atoms with van der Waals surface area (Å²) in [5, 5.41) is 15.0. The lowest BCUT2D eigenvalue weighted by atomic mass is 9.98. The molecule has 2 amide bonds. The topological polar surface area (TPSA) is 105 Å². The van der Waals surface area contributed by atoms with Crippen LogP contribution in [-0.2, 0) is 14.3 Å². The average Bonchev–Trinajstić information content (AvgIpc) is 3.25. The van der Waals surface area contributed by atoms with E-state index in [-0.39, 0.29) is 30.4 Å². The van der Waals surface area contributed by atoms with Gasteiger partial charge in [0.1, 0.15) is 12.6 Å². The van der Waals surface area contributed by atoms with Gasteiger partial charge in [-0.2, -0.15) is 0 Å². The largest absolute Gasteiger partial charge is 0.480 e. The predicted molar refractivity (Wildman–Crippen MR) is 126 cm³/mol. The van der Waals surface area contributed by atoms with E-state index >= 15 is 0 Å². The predicted octanol–water partition coefficient (Wildman–Crippen LogP) is 4.06. The standard InChI is InChI=1S/C27H30N2O5/c1-2-7-23(24(30)31)29-25(32)27-13-16(27)12-17(14-27)28-26(33)34-15-22-20-10-5-3-8-18(20)19-9-4-6-11-21(19)22/h3-6,8-11,16-17,22-23H,2,7,12-15H2,1H3,(H,28,33)(H,29,32)(H,30,31)/t16?,17?,23-,27?/m0/s1. The Labute approximate surface area is 198 Å². The van der Waals surface area contributed by atoms with Gasteiger partial charge < -0.3 is 20.5 Å². The molecule has 34 heavy (non-hydrogen) atoms. The summed E-state index contributed by atoms with van der Waals surface area (Å²) >= 11 is 0. The first-order valence-electron chi connectivity index (χ1n) is 12.1. The van der Waals surface area contributed by atoms with Gasteiger partial charge in [0.15, 0.2) is 0 Å². The second-order valence-electron chi connectivity index (χ2n) is 9.82. The first-order valence-corrected chi connectivity index (χ1v) is 12.1. The van der Waals surface area contributed by atoms with E-state index in [0.717, 1.165) is 17.5 Å². The molecule has 0 heterocycles. The van der Waals surface area contributed by atoms with Crippen molar-refractivity contribution in [3.05, 3.63) is 59.7 Å². The van der Waals surface area contributed by atoms with Crippen LogP contribution in [0.15, 0.2) is 48.5 Å². The smallest absolute Gasteiger partial charge is 0.407 e. The molecule has 3 unspecified atom stereocenters. The number of carboxylic acids is 1. The van der Waals surface area contributed by atoms with E-state index in [9.17, 15) is 19.5 Å². The minimum absolute atomic E-state index is 0.00114. The van der Waals surface area contributed by atoms with Crippen molar-refractivity contribution in [2.45, 2.75) is 57.0 Å². The number of hydrogen-bond donors (Lipinski definition) is 3. The van der Waals surface area contributed by atoms with E-state index in [2.05, 4.69) is 34.9 Å². The quantitative estimate of drug-likeness (QED) is 0.549. The first-order chi connectivity index (χ1) is 16.4. The lowest BCUT2D eigenvalue weighted by Crippen LogP contribution is -2.45. The van der Waals surface area contributed by atoms with Crippen LogP contribution in [0.3, 0.4) is 0 Å². The fraction of sp³-hybridized carbons (Fsp3) is 0.444. The van der Waals surface area contributed by atoms with Gasteiger partial charge in [-0.3, -0.25) is 4.79 Å². The van der Waals surface area contributed by atoms with Crippen LogP contribution in [-0.4, -0.2) is 41.8 Å². The third-order valence-corrected chi connectivity index (χ3v) is 7.71. The summed E-state index contributed by atoms with van der Waals surface area (Å²) in [6.07, 6.45) is 2.59. The van der Waals surface area contributed by atoms with Crippen molar-refractivity contribution in [3.63, 3.8) is 0 Å². The molecule has 4 atom stereocenters. The highest BCUT2D eigenvalue weighted by atomic mass is 16.5. The zero-order valence-electron chi connectivity index (χ0n) is 19.3. The van der Waals surface area contributed by atoms with E-state index in [0.29, 0.717) is 25.7 Å². The van der Waals surface area contributed by atoms with Gasteiger partial charge in [0.25, 0.3) is 0 Å². The van der Waals surface area contributed by atoms with Crippen LogP contribution in [0.4, 0.5) is 4.79 Å². The highest BCUT2D eigenvalue weighted by Gasteiger charge is 2.65. The van der Waals surface area contributed by atoms with Gasteiger partial charge in [0.05, 0.1) is 5.41 Å². The minimum atomic E-state index is -1.00. The summed E-state index contributed by atoms with van der Waals surface area (Å²) < 4.78 is 5.64. The summed E-state index contributed by atoms with van der Waals surface area (Å²) in [5.74, 6) is -1.02. The number of ether oxygens (including phenoxy) is 1. The molecule has 0 saturated heterocycles. The molecule has 5 rings (SSSR count). The maximum Gasteiger partial charge on any atom is 0.407 e. The molecule has 0 radical (unpaired) electrons. The summed E-state index contributed by atoms with van der Waals surface area (Å²) in [6.45, 7) is 2.14. The molecule has 0 bridgehead atoms. The van der Waals surface area contributed by atoms with E-state index in [4.69, 9.17) is 4.74 Å². The second-order valence-corrected chi connectivity index (χ2v) is 9.82. The molecule has 7 heteroatoms. The van der Waals surface area contributed by atoms with Crippen molar-refractivity contribution < 1.29 is 24.2 Å². The van der Waals surface area contributed by atoms with Gasteiger partial charge in [-0.05, 0) is 53.9 Å². The van der Waals surface area contributed by atoms with Crippen molar-refractivity contribution in [1.82, 2.24) is 10.6 Å². The lowest BCUT2D eigenvalue weighted by molar-refractivity contribution is -0.143. The molecule has 0 aromatic heterocycles. The first kappa shape index (κ1) is 22.4. The fourth-order valence-corrected chi connectivity index (χ4v) is 5.94. The second kappa shape index (κ2) is 8.78. The number of aliphatic carboxylic acids is 1. The summed E-state index contributed by atoms with van der Waals surface area (Å²) in [4.78, 5) is 36.9. The molecular formula is C27H30N2O5. The minimum Gasteiger partial charge on any atom is -0.480 e. The number of alkyl carbamates (subject to hydrolysis) is 1. The summed E-state index contributed by atoms with van der Waals surface area (Å²) in [7, 11) is 0. The SMILES string of the molecule is CCC[C@H](NC(=O)C12CC(NC(=O)OCC3c4ccccc4-c4ccccc43)CC1C2)C(=O)O. The maximum absolute atomic E-state index is 12.8. The fourth-order valence-electron chi connectivity index (χ4n) is 5.94. The Bertz CT molecular complexity index is 1090. The van der Waals surface area contributed by atoms with Gasteiger partial charge in [0.2, 0.25) is 5.91 Å². The van der Waals surface area contributed by atoms with Crippen molar-refractivity contribution in [3.8, 4) is 11.1 Å². The summed E-state index contributed by atoms with van der Waals surface area (Å²) in [5.41, 5.74) is 4.13. The number of amides is 2. The van der Waals surface area contributed by atoms with Crippen LogP contribution in [0.2, 0.25) is 0 Å². The third kappa shape index (κ3) is 3.93. The van der Waals surface area contributed by atoms with E-state index < -0.39 is 23.5 Å². The number of hydrogen-bond acceptors (Lipinski definition) is 4.